The highest BCUT2D eigenvalue weighted by atomic mass is 19.1. The van der Waals surface area contributed by atoms with Crippen LogP contribution in [0.25, 0.3) is 0 Å². The van der Waals surface area contributed by atoms with Crippen molar-refractivity contribution >= 4 is 5.69 Å². The molecule has 0 aliphatic carbocycles. The number of ether oxygens (including phenoxy) is 1. The predicted molar refractivity (Wildman–Crippen MR) is 60.2 cm³/mol. The van der Waals surface area contributed by atoms with Crippen LogP contribution in [0, 0.1) is 6.92 Å². The number of likely N-dealkylation sites (N-methyl/N-ethyl adjacent to an activating group) is 1. The van der Waals surface area contributed by atoms with Gasteiger partial charge in [0.25, 0.3) is 0 Å². The molecule has 2 rings (SSSR count). The number of nitrogens with zero attached hydrogens (tertiary/aromatic N) is 2. The Bertz CT molecular complexity index is 385. The molecule has 2 atom stereocenters. The van der Waals surface area contributed by atoms with Crippen molar-refractivity contribution in [3.05, 3.63) is 17.8 Å². The molecule has 1 aliphatic heterocycles. The van der Waals surface area contributed by atoms with E-state index in [4.69, 9.17) is 10.5 Å². The van der Waals surface area contributed by atoms with Gasteiger partial charge in [0.05, 0.1) is 5.69 Å². The van der Waals surface area contributed by atoms with E-state index in [0.29, 0.717) is 24.7 Å². The molecular formula is C11H16FN3O. The first-order valence-corrected chi connectivity index (χ1v) is 5.27. The molecule has 88 valence electrons. The molecule has 2 heterocycles. The molecule has 0 bridgehead atoms. The molecule has 1 aromatic heterocycles. The van der Waals surface area contributed by atoms with Gasteiger partial charge in [-0.1, -0.05) is 0 Å². The molecule has 5 heteroatoms. The van der Waals surface area contributed by atoms with Crippen molar-refractivity contribution in [2.24, 2.45) is 0 Å². The Balaban J connectivity index is 2.09. The predicted octanol–water partition coefficient (Wildman–Crippen LogP) is 1.00. The van der Waals surface area contributed by atoms with E-state index in [1.165, 1.54) is 0 Å². The molecule has 4 nitrogen and oxygen atoms in total. The van der Waals surface area contributed by atoms with Gasteiger partial charge in [0.1, 0.15) is 6.10 Å². The zero-order chi connectivity index (χ0) is 11.7. The minimum absolute atomic E-state index is 0.327. The number of aromatic nitrogens is 1. The number of halogens is 1. The first kappa shape index (κ1) is 11.1. The number of nitrogen functional groups attached to an aromatic ring is 1. The molecule has 16 heavy (non-hydrogen) atoms. The third kappa shape index (κ3) is 2.24. The molecule has 0 radical (unpaired) electrons. The maximum Gasteiger partial charge on any atom is 0.237 e. The fraction of sp³-hybridized carbons (Fsp3) is 0.545. The van der Waals surface area contributed by atoms with Crippen molar-refractivity contribution in [1.82, 2.24) is 9.88 Å². The Labute approximate surface area is 94.2 Å². The number of anilines is 1. The van der Waals surface area contributed by atoms with E-state index in [1.807, 2.05) is 18.9 Å². The largest absolute Gasteiger partial charge is 0.468 e. The van der Waals surface area contributed by atoms with E-state index in [1.54, 1.807) is 12.3 Å². The number of hydrogen-bond donors (Lipinski definition) is 1. The molecule has 1 fully saturated rings. The Morgan fingerprint density at radius 2 is 2.31 bits per heavy atom. The average Bonchev–Trinajstić information content (AvgIpc) is 2.50. The molecule has 1 saturated heterocycles. The van der Waals surface area contributed by atoms with Gasteiger partial charge in [0.2, 0.25) is 5.88 Å². The van der Waals surface area contributed by atoms with Gasteiger partial charge >= 0.3 is 0 Å². The molecule has 0 aromatic carbocycles. The van der Waals surface area contributed by atoms with Gasteiger partial charge in [0.15, 0.2) is 6.17 Å². The van der Waals surface area contributed by atoms with E-state index in [2.05, 4.69) is 4.98 Å². The fourth-order valence-corrected chi connectivity index (χ4v) is 1.84. The molecule has 0 spiro atoms. The monoisotopic (exact) mass is 225 g/mol. The summed E-state index contributed by atoms with van der Waals surface area (Å²) in [6.07, 6.45) is 0.215. The summed E-state index contributed by atoms with van der Waals surface area (Å²) in [5.41, 5.74) is 7.18. The third-order valence-corrected chi connectivity index (χ3v) is 2.66. The van der Waals surface area contributed by atoms with Crippen molar-refractivity contribution in [2.45, 2.75) is 19.2 Å². The SMILES string of the molecule is Cc1cnc(OC2CN(C)CC2F)c(N)c1. The maximum atomic E-state index is 13.5. The number of rotatable bonds is 2. The lowest BCUT2D eigenvalue weighted by molar-refractivity contribution is 0.134. The third-order valence-electron chi connectivity index (χ3n) is 2.66. The summed E-state index contributed by atoms with van der Waals surface area (Å²) in [6, 6.07) is 1.77. The van der Waals surface area contributed by atoms with Crippen LogP contribution in [-0.4, -0.2) is 42.3 Å². The second-order valence-corrected chi connectivity index (χ2v) is 4.30. The Hall–Kier alpha value is -1.36. The summed E-state index contributed by atoms with van der Waals surface area (Å²) in [5, 5.41) is 0. The van der Waals surface area contributed by atoms with Gasteiger partial charge in [-0.25, -0.2) is 9.37 Å². The topological polar surface area (TPSA) is 51.4 Å². The van der Waals surface area contributed by atoms with E-state index < -0.39 is 12.3 Å². The second-order valence-electron chi connectivity index (χ2n) is 4.30. The lowest BCUT2D eigenvalue weighted by Crippen LogP contribution is -2.27. The van der Waals surface area contributed by atoms with Crippen LogP contribution in [0.5, 0.6) is 5.88 Å². The number of hydrogen-bond acceptors (Lipinski definition) is 4. The van der Waals surface area contributed by atoms with Crippen molar-refractivity contribution < 1.29 is 9.13 Å². The fourth-order valence-electron chi connectivity index (χ4n) is 1.84. The van der Waals surface area contributed by atoms with Crippen molar-refractivity contribution in [3.8, 4) is 5.88 Å². The van der Waals surface area contributed by atoms with Gasteiger partial charge in [-0.05, 0) is 25.6 Å². The highest BCUT2D eigenvalue weighted by Crippen LogP contribution is 2.23. The van der Waals surface area contributed by atoms with Gasteiger partial charge < -0.3 is 10.5 Å². The maximum absolute atomic E-state index is 13.5. The first-order chi connectivity index (χ1) is 7.56. The first-order valence-electron chi connectivity index (χ1n) is 5.27. The summed E-state index contributed by atoms with van der Waals surface area (Å²) in [5.74, 6) is 0.327. The van der Waals surface area contributed by atoms with Crippen LogP contribution in [0.15, 0.2) is 12.3 Å². The highest BCUT2D eigenvalue weighted by Gasteiger charge is 2.33. The zero-order valence-electron chi connectivity index (χ0n) is 9.48. The number of nitrogens with two attached hydrogens (primary N) is 1. The van der Waals surface area contributed by atoms with Crippen molar-refractivity contribution in [3.63, 3.8) is 0 Å². The molecule has 2 N–H and O–H groups in total. The standard InChI is InChI=1S/C11H16FN3O/c1-7-3-9(13)11(14-4-7)16-10-6-15(2)5-8(10)12/h3-4,8,10H,5-6,13H2,1-2H3. The highest BCUT2D eigenvalue weighted by molar-refractivity contribution is 5.49. The minimum Gasteiger partial charge on any atom is -0.468 e. The van der Waals surface area contributed by atoms with E-state index in [-0.39, 0.29) is 0 Å². The van der Waals surface area contributed by atoms with Crippen molar-refractivity contribution in [1.29, 1.82) is 0 Å². The van der Waals surface area contributed by atoms with Crippen molar-refractivity contribution in [2.75, 3.05) is 25.9 Å². The molecule has 0 amide bonds. The van der Waals surface area contributed by atoms with Gasteiger partial charge in [-0.2, -0.15) is 0 Å². The summed E-state index contributed by atoms with van der Waals surface area (Å²) in [7, 11) is 1.86. The Morgan fingerprint density at radius 1 is 1.56 bits per heavy atom. The van der Waals surface area contributed by atoms with Crippen LogP contribution < -0.4 is 10.5 Å². The lowest BCUT2D eigenvalue weighted by Gasteiger charge is -2.15. The normalized spacial score (nSPS) is 25.9. The molecule has 2 unspecified atom stereocenters. The minimum atomic E-state index is -0.979. The van der Waals surface area contributed by atoms with Gasteiger partial charge in [0, 0.05) is 19.3 Å². The van der Waals surface area contributed by atoms with Crippen LogP contribution in [0.3, 0.4) is 0 Å². The molecule has 1 aromatic rings. The van der Waals surface area contributed by atoms with Crippen LogP contribution in [-0.2, 0) is 0 Å². The number of pyridine rings is 1. The quantitative estimate of drug-likeness (QED) is 0.816. The summed E-state index contributed by atoms with van der Waals surface area (Å²) >= 11 is 0. The zero-order valence-corrected chi connectivity index (χ0v) is 9.48. The smallest absolute Gasteiger partial charge is 0.237 e. The molecule has 0 saturated carbocycles. The number of likely N-dealkylation sites (tertiary alicyclic amines) is 1. The Morgan fingerprint density at radius 3 is 2.88 bits per heavy atom. The van der Waals surface area contributed by atoms with Crippen LogP contribution in [0.1, 0.15) is 5.56 Å². The van der Waals surface area contributed by atoms with E-state index in [9.17, 15) is 4.39 Å². The van der Waals surface area contributed by atoms with E-state index >= 15 is 0 Å². The second kappa shape index (κ2) is 4.25. The number of alkyl halides is 1. The van der Waals surface area contributed by atoms with Gasteiger partial charge in [-0.3, -0.25) is 4.90 Å². The Kier molecular flexibility index (Phi) is 2.96. The average molecular weight is 225 g/mol. The molecular weight excluding hydrogens is 209 g/mol. The summed E-state index contributed by atoms with van der Waals surface area (Å²) in [6.45, 7) is 2.86. The number of aryl methyl sites for hydroxylation is 1. The van der Waals surface area contributed by atoms with Gasteiger partial charge in [-0.15, -0.1) is 0 Å². The lowest BCUT2D eigenvalue weighted by atomic mass is 10.2. The summed E-state index contributed by atoms with van der Waals surface area (Å²) < 4.78 is 19.0. The van der Waals surface area contributed by atoms with Crippen LogP contribution >= 0.6 is 0 Å². The van der Waals surface area contributed by atoms with Crippen LogP contribution in [0.4, 0.5) is 10.1 Å². The summed E-state index contributed by atoms with van der Waals surface area (Å²) in [4.78, 5) is 5.96. The van der Waals surface area contributed by atoms with Crippen LogP contribution in [0.2, 0.25) is 0 Å². The van der Waals surface area contributed by atoms with E-state index in [0.717, 1.165) is 5.56 Å². The molecule has 1 aliphatic rings.